The van der Waals surface area contributed by atoms with Crippen molar-refractivity contribution in [1.82, 2.24) is 9.55 Å². The molecule has 0 spiro atoms. The fraction of sp³-hybridized carbons (Fsp3) is 0.231. The van der Waals surface area contributed by atoms with E-state index in [0.29, 0.717) is 5.02 Å². The summed E-state index contributed by atoms with van der Waals surface area (Å²) in [7, 11) is 0. The Balaban J connectivity index is 2.59. The van der Waals surface area contributed by atoms with Crippen molar-refractivity contribution >= 4 is 11.6 Å². The summed E-state index contributed by atoms with van der Waals surface area (Å²) in [5, 5.41) is 10.6. The second-order valence-electron chi connectivity index (χ2n) is 4.31. The van der Waals surface area contributed by atoms with Gasteiger partial charge in [-0.3, -0.25) is 14.3 Å². The van der Waals surface area contributed by atoms with Crippen LogP contribution in [0, 0.1) is 6.92 Å². The number of aromatic hydroxyl groups is 1. The quantitative estimate of drug-likeness (QED) is 0.881. The monoisotopic (exact) mass is 280 g/mol. The van der Waals surface area contributed by atoms with Crippen molar-refractivity contribution in [3.8, 4) is 5.88 Å². The van der Waals surface area contributed by atoms with E-state index < -0.39 is 17.3 Å². The number of hydrogen-bond acceptors (Lipinski definition) is 3. The predicted molar refractivity (Wildman–Crippen MR) is 73.0 cm³/mol. The van der Waals surface area contributed by atoms with E-state index in [-0.39, 0.29) is 11.4 Å². The maximum absolute atomic E-state index is 11.8. The molecule has 1 aromatic carbocycles. The van der Waals surface area contributed by atoms with Gasteiger partial charge in [0.2, 0.25) is 5.88 Å². The largest absolute Gasteiger partial charge is 0.494 e. The zero-order valence-electron chi connectivity index (χ0n) is 10.5. The van der Waals surface area contributed by atoms with E-state index in [2.05, 4.69) is 4.98 Å². The predicted octanol–water partition coefficient (Wildman–Crippen LogP) is 1.81. The Kier molecular flexibility index (Phi) is 3.48. The number of nitrogens with one attached hydrogen (secondary N) is 1. The Morgan fingerprint density at radius 3 is 2.42 bits per heavy atom. The highest BCUT2D eigenvalue weighted by Gasteiger charge is 2.16. The smallest absolute Gasteiger partial charge is 0.331 e. The van der Waals surface area contributed by atoms with E-state index in [1.54, 1.807) is 31.2 Å². The summed E-state index contributed by atoms with van der Waals surface area (Å²) in [6.45, 7) is 3.21. The summed E-state index contributed by atoms with van der Waals surface area (Å²) in [6.07, 6.45) is 0. The molecule has 0 aliphatic heterocycles. The minimum atomic E-state index is -0.643. The zero-order valence-corrected chi connectivity index (χ0v) is 11.2. The second-order valence-corrected chi connectivity index (χ2v) is 4.74. The lowest BCUT2D eigenvalue weighted by Gasteiger charge is -2.17. The van der Waals surface area contributed by atoms with Crippen molar-refractivity contribution in [1.29, 1.82) is 0 Å². The first kappa shape index (κ1) is 13.4. The van der Waals surface area contributed by atoms with Gasteiger partial charge >= 0.3 is 5.69 Å². The third kappa shape index (κ3) is 2.42. The minimum Gasteiger partial charge on any atom is -0.494 e. The summed E-state index contributed by atoms with van der Waals surface area (Å²) in [5.74, 6) is -0.323. The molecule has 0 fully saturated rings. The molecule has 2 aromatic rings. The molecule has 2 rings (SSSR count). The summed E-state index contributed by atoms with van der Waals surface area (Å²) in [4.78, 5) is 25.4. The Labute approximate surface area is 114 Å². The molecule has 0 saturated carbocycles. The Morgan fingerprint density at radius 2 is 1.84 bits per heavy atom. The lowest BCUT2D eigenvalue weighted by Crippen LogP contribution is -2.33. The zero-order chi connectivity index (χ0) is 14.2. The van der Waals surface area contributed by atoms with Crippen LogP contribution in [0.25, 0.3) is 0 Å². The van der Waals surface area contributed by atoms with Crippen LogP contribution in [0.3, 0.4) is 0 Å². The van der Waals surface area contributed by atoms with Crippen molar-refractivity contribution < 1.29 is 5.11 Å². The third-order valence-electron chi connectivity index (χ3n) is 3.08. The van der Waals surface area contributed by atoms with Crippen molar-refractivity contribution in [2.75, 3.05) is 0 Å². The number of halogens is 1. The Hall–Kier alpha value is -2.01. The van der Waals surface area contributed by atoms with Crippen LogP contribution < -0.4 is 11.2 Å². The second kappa shape index (κ2) is 4.93. The van der Waals surface area contributed by atoms with Crippen LogP contribution in [0.4, 0.5) is 0 Å². The van der Waals surface area contributed by atoms with Gasteiger partial charge in [0.15, 0.2) is 0 Å². The molecule has 2 N–H and O–H groups in total. The highest BCUT2D eigenvalue weighted by Crippen LogP contribution is 2.22. The molecule has 0 saturated heterocycles. The maximum atomic E-state index is 11.8. The lowest BCUT2D eigenvalue weighted by molar-refractivity contribution is 0.384. The molecule has 0 aliphatic rings. The molecule has 0 aliphatic carbocycles. The van der Waals surface area contributed by atoms with Crippen molar-refractivity contribution in [2.24, 2.45) is 0 Å². The fourth-order valence-electron chi connectivity index (χ4n) is 1.88. The first-order chi connectivity index (χ1) is 8.91. The molecular weight excluding hydrogens is 268 g/mol. The van der Waals surface area contributed by atoms with Crippen molar-refractivity contribution in [3.63, 3.8) is 0 Å². The molecule has 0 amide bonds. The average Bonchev–Trinajstić information content (AvgIpc) is 2.37. The lowest BCUT2D eigenvalue weighted by atomic mass is 10.1. The number of aromatic amines is 1. The van der Waals surface area contributed by atoms with E-state index >= 15 is 0 Å². The first-order valence-electron chi connectivity index (χ1n) is 5.71. The summed E-state index contributed by atoms with van der Waals surface area (Å²) in [5.41, 5.74) is -0.314. The van der Waals surface area contributed by atoms with E-state index in [0.717, 1.165) is 10.1 Å². The number of benzene rings is 1. The molecule has 1 atom stereocenters. The van der Waals surface area contributed by atoms with Gasteiger partial charge in [-0.25, -0.2) is 4.79 Å². The van der Waals surface area contributed by atoms with Crippen LogP contribution >= 0.6 is 11.6 Å². The Bertz CT molecular complexity index is 716. The van der Waals surface area contributed by atoms with Crippen LogP contribution in [-0.4, -0.2) is 14.7 Å². The van der Waals surface area contributed by atoms with Gasteiger partial charge in [0, 0.05) is 5.02 Å². The van der Waals surface area contributed by atoms with Crippen LogP contribution in [0.5, 0.6) is 5.88 Å². The van der Waals surface area contributed by atoms with Gasteiger partial charge in [-0.1, -0.05) is 23.7 Å². The number of hydrogen-bond donors (Lipinski definition) is 2. The number of nitrogens with zero attached hydrogens (tertiary/aromatic N) is 1. The van der Waals surface area contributed by atoms with E-state index in [9.17, 15) is 14.7 Å². The molecule has 100 valence electrons. The normalized spacial score (nSPS) is 12.4. The van der Waals surface area contributed by atoms with Gasteiger partial charge in [-0.2, -0.15) is 0 Å². The number of rotatable bonds is 2. The van der Waals surface area contributed by atoms with Crippen molar-refractivity contribution in [2.45, 2.75) is 19.9 Å². The van der Waals surface area contributed by atoms with Crippen LogP contribution in [0.15, 0.2) is 33.9 Å². The summed E-state index contributed by atoms with van der Waals surface area (Å²) in [6, 6.07) is 6.51. The van der Waals surface area contributed by atoms with Gasteiger partial charge in [-0.05, 0) is 31.5 Å². The van der Waals surface area contributed by atoms with Gasteiger partial charge in [0.1, 0.15) is 0 Å². The van der Waals surface area contributed by atoms with Crippen LogP contribution in [0.1, 0.15) is 24.1 Å². The Morgan fingerprint density at radius 1 is 1.26 bits per heavy atom. The topological polar surface area (TPSA) is 75.1 Å². The number of aromatic nitrogens is 2. The third-order valence-corrected chi connectivity index (χ3v) is 3.34. The van der Waals surface area contributed by atoms with Crippen LogP contribution in [0.2, 0.25) is 5.02 Å². The van der Waals surface area contributed by atoms with Gasteiger partial charge < -0.3 is 5.11 Å². The van der Waals surface area contributed by atoms with Crippen molar-refractivity contribution in [3.05, 3.63) is 61.3 Å². The van der Waals surface area contributed by atoms with E-state index in [1.165, 1.54) is 6.92 Å². The first-order valence-corrected chi connectivity index (χ1v) is 6.09. The van der Waals surface area contributed by atoms with E-state index in [4.69, 9.17) is 11.6 Å². The van der Waals surface area contributed by atoms with Gasteiger partial charge in [-0.15, -0.1) is 0 Å². The average molecular weight is 281 g/mol. The number of H-pyrrole nitrogens is 1. The molecule has 1 unspecified atom stereocenters. The summed E-state index contributed by atoms with van der Waals surface area (Å²) >= 11 is 5.81. The summed E-state index contributed by atoms with van der Waals surface area (Å²) < 4.78 is 1.14. The van der Waals surface area contributed by atoms with Gasteiger partial charge in [0.25, 0.3) is 5.56 Å². The molecule has 5 nitrogen and oxygen atoms in total. The minimum absolute atomic E-state index is 0.111. The fourth-order valence-corrected chi connectivity index (χ4v) is 2.01. The standard InChI is InChI=1S/C13H13ClN2O3/c1-7-11(17)15-13(19)16(12(7)18)8(2)9-3-5-10(14)6-4-9/h3-6,8,18H,1-2H3,(H,15,17,19). The SMILES string of the molecule is Cc1c(O)n(C(C)c2ccc(Cl)cc2)c(=O)[nH]c1=O. The molecule has 0 radical (unpaired) electrons. The highest BCUT2D eigenvalue weighted by atomic mass is 35.5. The maximum Gasteiger partial charge on any atom is 0.331 e. The highest BCUT2D eigenvalue weighted by molar-refractivity contribution is 6.30. The molecule has 6 heteroatoms. The molecule has 0 bridgehead atoms. The van der Waals surface area contributed by atoms with Crippen LogP contribution in [-0.2, 0) is 0 Å². The van der Waals surface area contributed by atoms with E-state index in [1.807, 2.05) is 0 Å². The molecule has 19 heavy (non-hydrogen) atoms. The molecule has 1 aromatic heterocycles. The van der Waals surface area contributed by atoms with Gasteiger partial charge in [0.05, 0.1) is 11.6 Å². The molecule has 1 heterocycles. The molecular formula is C13H13ClN2O3.